The zero-order valence-corrected chi connectivity index (χ0v) is 30.7. The van der Waals surface area contributed by atoms with Gasteiger partial charge in [0.25, 0.3) is 0 Å². The predicted molar refractivity (Wildman–Crippen MR) is 205 cm³/mol. The van der Waals surface area contributed by atoms with Gasteiger partial charge < -0.3 is 14.6 Å². The van der Waals surface area contributed by atoms with Gasteiger partial charge in [0.2, 0.25) is 0 Å². The molecule has 0 saturated heterocycles. The summed E-state index contributed by atoms with van der Waals surface area (Å²) in [6.07, 6.45) is 52.2. The van der Waals surface area contributed by atoms with Crippen LogP contribution >= 0.6 is 0 Å². The molecule has 48 heavy (non-hydrogen) atoms. The van der Waals surface area contributed by atoms with Crippen molar-refractivity contribution in [3.8, 4) is 0 Å². The second kappa shape index (κ2) is 38.5. The molecule has 0 aliphatic rings. The number of carbonyl (C=O) groups is 2. The number of hydrogen-bond acceptors (Lipinski definition) is 5. The van der Waals surface area contributed by atoms with E-state index in [0.29, 0.717) is 12.8 Å². The number of unbranched alkanes of at least 4 members (excludes halogenated alkanes) is 11. The minimum Gasteiger partial charge on any atom is -0.462 e. The van der Waals surface area contributed by atoms with Gasteiger partial charge in [-0.05, 0) is 77.0 Å². The normalized spacial score (nSPS) is 13.1. The average molecular weight is 667 g/mol. The predicted octanol–water partition coefficient (Wildman–Crippen LogP) is 11.9. The van der Waals surface area contributed by atoms with E-state index in [2.05, 4.69) is 86.8 Å². The summed E-state index contributed by atoms with van der Waals surface area (Å²) < 4.78 is 10.5. The summed E-state index contributed by atoms with van der Waals surface area (Å²) in [5, 5.41) is 9.53. The van der Waals surface area contributed by atoms with Crippen molar-refractivity contribution in [1.82, 2.24) is 0 Å². The number of esters is 2. The Hall–Kier alpha value is -2.92. The van der Waals surface area contributed by atoms with Crippen molar-refractivity contribution in [3.63, 3.8) is 0 Å². The Bertz CT molecular complexity index is 937. The maximum absolute atomic E-state index is 12.1. The number of allylic oxidation sites excluding steroid dienone is 14. The van der Waals surface area contributed by atoms with E-state index in [1.165, 1.54) is 64.2 Å². The summed E-state index contributed by atoms with van der Waals surface area (Å²) in [6, 6.07) is 0. The number of aliphatic hydroxyl groups is 1. The van der Waals surface area contributed by atoms with E-state index in [1.54, 1.807) is 0 Å². The first-order chi connectivity index (χ1) is 23.6. The molecule has 0 aliphatic heterocycles. The molecular weight excluding hydrogens is 596 g/mol. The van der Waals surface area contributed by atoms with Gasteiger partial charge >= 0.3 is 11.9 Å². The van der Waals surface area contributed by atoms with Crippen LogP contribution in [0.25, 0.3) is 0 Å². The van der Waals surface area contributed by atoms with Crippen molar-refractivity contribution in [3.05, 3.63) is 85.1 Å². The lowest BCUT2D eigenvalue weighted by molar-refractivity contribution is -0.161. The standard InChI is InChI=1S/C43H70O5/c1-3-5-7-9-11-13-15-17-19-20-21-22-24-26-28-30-32-34-36-38-43(46)48-41(39-44)40-47-42(45)37-35-33-31-29-27-25-23-18-16-14-12-10-8-6-4-2/h5,7,11,13-14,16-17,19,21-22,26,28,32,34,41,44H,3-4,6,8-10,12,15,18,20,23-25,27,29-31,33,35-40H2,1-2H3/b7-5-,13-11-,16-14-,19-17-,22-21-,28-26-,34-32-/t41-/m0/s1. The zero-order chi connectivity index (χ0) is 35.0. The van der Waals surface area contributed by atoms with Crippen molar-refractivity contribution >= 4 is 11.9 Å². The third-order valence-electron chi connectivity index (χ3n) is 7.69. The Labute approximate surface area is 295 Å². The maximum atomic E-state index is 12.1. The highest BCUT2D eigenvalue weighted by Crippen LogP contribution is 2.11. The Morgan fingerprint density at radius 2 is 0.938 bits per heavy atom. The summed E-state index contributed by atoms with van der Waals surface area (Å²) in [6.45, 7) is 3.92. The molecule has 0 aliphatic carbocycles. The lowest BCUT2D eigenvalue weighted by atomic mass is 10.1. The minimum absolute atomic E-state index is 0.103. The SMILES string of the molecule is CC/C=C\C/C=C\C/C=C\C/C=C\C/C=C\C/C=C\CCC(=O)O[C@@H](CO)COC(=O)CCCCCCCCC/C=C\CCCCCC. The molecule has 0 heterocycles. The van der Waals surface area contributed by atoms with Gasteiger partial charge in [0, 0.05) is 12.8 Å². The molecule has 0 fully saturated rings. The van der Waals surface area contributed by atoms with Gasteiger partial charge in [-0.25, -0.2) is 0 Å². The van der Waals surface area contributed by atoms with Gasteiger partial charge in [-0.3, -0.25) is 9.59 Å². The van der Waals surface area contributed by atoms with E-state index < -0.39 is 12.1 Å². The van der Waals surface area contributed by atoms with Crippen molar-refractivity contribution < 1.29 is 24.2 Å². The summed E-state index contributed by atoms with van der Waals surface area (Å²) >= 11 is 0. The van der Waals surface area contributed by atoms with Gasteiger partial charge in [0.1, 0.15) is 6.61 Å². The second-order valence-electron chi connectivity index (χ2n) is 12.3. The molecule has 0 rings (SSSR count). The van der Waals surface area contributed by atoms with E-state index >= 15 is 0 Å². The van der Waals surface area contributed by atoms with Crippen LogP contribution in [0, 0.1) is 0 Å². The van der Waals surface area contributed by atoms with E-state index in [-0.39, 0.29) is 25.6 Å². The van der Waals surface area contributed by atoms with Crippen molar-refractivity contribution in [2.45, 2.75) is 161 Å². The van der Waals surface area contributed by atoms with Gasteiger partial charge in [-0.1, -0.05) is 150 Å². The van der Waals surface area contributed by atoms with E-state index in [0.717, 1.165) is 57.8 Å². The molecular formula is C43H70O5. The minimum atomic E-state index is -0.817. The first-order valence-corrected chi connectivity index (χ1v) is 19.1. The van der Waals surface area contributed by atoms with Crippen LogP contribution in [0.3, 0.4) is 0 Å². The number of hydrogen-bond donors (Lipinski definition) is 1. The average Bonchev–Trinajstić information content (AvgIpc) is 3.09. The van der Waals surface area contributed by atoms with Crippen molar-refractivity contribution in [2.24, 2.45) is 0 Å². The summed E-state index contributed by atoms with van der Waals surface area (Å²) in [5.74, 6) is -0.702. The van der Waals surface area contributed by atoms with Crippen LogP contribution in [0.1, 0.15) is 155 Å². The topological polar surface area (TPSA) is 72.8 Å². The molecule has 0 bridgehead atoms. The van der Waals surface area contributed by atoms with Crippen molar-refractivity contribution in [1.29, 1.82) is 0 Å². The summed E-state index contributed by atoms with van der Waals surface area (Å²) in [5.41, 5.74) is 0. The van der Waals surface area contributed by atoms with E-state index in [9.17, 15) is 14.7 Å². The molecule has 0 aromatic rings. The van der Waals surface area contributed by atoms with Crippen LogP contribution in [-0.2, 0) is 19.1 Å². The monoisotopic (exact) mass is 667 g/mol. The van der Waals surface area contributed by atoms with Crippen LogP contribution in [0.2, 0.25) is 0 Å². The van der Waals surface area contributed by atoms with E-state index in [1.807, 2.05) is 12.2 Å². The van der Waals surface area contributed by atoms with Crippen LogP contribution in [0.4, 0.5) is 0 Å². The second-order valence-corrected chi connectivity index (χ2v) is 12.3. The van der Waals surface area contributed by atoms with Crippen molar-refractivity contribution in [2.75, 3.05) is 13.2 Å². The molecule has 5 nitrogen and oxygen atoms in total. The molecule has 0 unspecified atom stereocenters. The number of aliphatic hydroxyl groups excluding tert-OH is 1. The van der Waals surface area contributed by atoms with Gasteiger partial charge in [-0.2, -0.15) is 0 Å². The molecule has 0 radical (unpaired) electrons. The molecule has 0 saturated carbocycles. The Balaban J connectivity index is 3.74. The van der Waals surface area contributed by atoms with Gasteiger partial charge in [0.15, 0.2) is 6.10 Å². The Kier molecular flexibility index (Phi) is 36.2. The number of rotatable bonds is 33. The molecule has 5 heteroatoms. The van der Waals surface area contributed by atoms with Gasteiger partial charge in [-0.15, -0.1) is 0 Å². The van der Waals surface area contributed by atoms with Crippen LogP contribution in [0.5, 0.6) is 0 Å². The first kappa shape index (κ1) is 45.1. The molecule has 0 amide bonds. The lowest BCUT2D eigenvalue weighted by Crippen LogP contribution is -2.28. The number of ether oxygens (including phenoxy) is 2. The smallest absolute Gasteiger partial charge is 0.306 e. The first-order valence-electron chi connectivity index (χ1n) is 19.1. The Morgan fingerprint density at radius 1 is 0.500 bits per heavy atom. The van der Waals surface area contributed by atoms with Gasteiger partial charge in [0.05, 0.1) is 6.61 Å². The molecule has 1 N–H and O–H groups in total. The Morgan fingerprint density at radius 3 is 1.44 bits per heavy atom. The highest BCUT2D eigenvalue weighted by Gasteiger charge is 2.15. The summed E-state index contributed by atoms with van der Waals surface area (Å²) in [4.78, 5) is 24.2. The zero-order valence-electron chi connectivity index (χ0n) is 30.7. The molecule has 0 aromatic heterocycles. The molecule has 272 valence electrons. The molecule has 0 aromatic carbocycles. The third kappa shape index (κ3) is 35.9. The van der Waals surface area contributed by atoms with E-state index in [4.69, 9.17) is 9.47 Å². The highest BCUT2D eigenvalue weighted by molar-refractivity contribution is 5.70. The highest BCUT2D eigenvalue weighted by atomic mass is 16.6. The molecule has 0 spiro atoms. The number of carbonyl (C=O) groups excluding carboxylic acids is 2. The largest absolute Gasteiger partial charge is 0.462 e. The maximum Gasteiger partial charge on any atom is 0.306 e. The van der Waals surface area contributed by atoms with Crippen LogP contribution in [0.15, 0.2) is 85.1 Å². The lowest BCUT2D eigenvalue weighted by Gasteiger charge is -2.15. The quantitative estimate of drug-likeness (QED) is 0.0429. The molecule has 1 atom stereocenters. The summed E-state index contributed by atoms with van der Waals surface area (Å²) in [7, 11) is 0. The fourth-order valence-corrected chi connectivity index (χ4v) is 4.81. The van der Waals surface area contributed by atoms with Crippen LogP contribution < -0.4 is 0 Å². The van der Waals surface area contributed by atoms with Crippen LogP contribution in [-0.4, -0.2) is 36.4 Å². The third-order valence-corrected chi connectivity index (χ3v) is 7.69. The fourth-order valence-electron chi connectivity index (χ4n) is 4.81. The fraction of sp³-hybridized carbons (Fsp3) is 0.628.